The van der Waals surface area contributed by atoms with Gasteiger partial charge in [0.05, 0.1) is 46.6 Å². The van der Waals surface area contributed by atoms with Gasteiger partial charge >= 0.3 is 0 Å². The lowest BCUT2D eigenvalue weighted by atomic mass is 9.72. The highest BCUT2D eigenvalue weighted by molar-refractivity contribution is 5.91. The Morgan fingerprint density at radius 3 is 2.11 bits per heavy atom. The van der Waals surface area contributed by atoms with Crippen molar-refractivity contribution in [3.05, 3.63) is 76.6 Å². The fraction of sp³-hybridized carbons (Fsp3) is 0.412. The number of carbonyl (C=O) groups excluding carboxylic acids is 1. The van der Waals surface area contributed by atoms with Crippen LogP contribution in [0, 0.1) is 11.3 Å². The molecule has 1 aromatic heterocycles. The number of benzene rings is 2. The molecular formula is C34H39N5O5. The summed E-state index contributed by atoms with van der Waals surface area (Å²) in [5, 5.41) is 13.9. The molecule has 0 radical (unpaired) electrons. The number of methoxy groups -OCH3 is 4. The van der Waals surface area contributed by atoms with Gasteiger partial charge in [-0.3, -0.25) is 14.6 Å². The summed E-state index contributed by atoms with van der Waals surface area (Å²) in [6.45, 7) is 0.329. The average Bonchev–Trinajstić information content (AvgIpc) is 3.45. The number of nitrogens with zero attached hydrogens (tertiary/aromatic N) is 4. The Balaban J connectivity index is 1.43. The van der Waals surface area contributed by atoms with E-state index in [2.05, 4.69) is 40.4 Å². The first kappa shape index (κ1) is 29.6. The van der Waals surface area contributed by atoms with Crippen LogP contribution >= 0.6 is 0 Å². The summed E-state index contributed by atoms with van der Waals surface area (Å²) in [5.74, 6) is 2.45. The van der Waals surface area contributed by atoms with E-state index >= 15 is 0 Å². The number of piperazine rings is 1. The van der Waals surface area contributed by atoms with Crippen LogP contribution in [0.1, 0.15) is 40.0 Å². The standard InChI is InChI=1S/C34H39N5O5/c1-37-11-7-8-22(37)9-10-33(40)36-19-28-23-16-31(43-5)29(41-3)14-20(23)13-26-34-24-17-32(44-6)30(42-4)15-21(24)12-25(38(34)2)27(18-35)39(26)28/h7-11,14-17,25-28,34H,12-13,19H2,1-6H3,(H,36,40)/b10-9+/t25-,26-,27-,28-,34+/m0/s1. The zero-order valence-electron chi connectivity index (χ0n) is 26.0. The van der Waals surface area contributed by atoms with Crippen LogP contribution in [0.25, 0.3) is 6.08 Å². The number of hydrogen-bond acceptors (Lipinski definition) is 8. The van der Waals surface area contributed by atoms with E-state index in [0.29, 0.717) is 42.4 Å². The lowest BCUT2D eigenvalue weighted by Gasteiger charge is -2.60. The van der Waals surface area contributed by atoms with Gasteiger partial charge in [0.1, 0.15) is 6.04 Å². The number of aryl methyl sites for hydroxylation is 1. The maximum atomic E-state index is 13.1. The summed E-state index contributed by atoms with van der Waals surface area (Å²) in [4.78, 5) is 17.8. The van der Waals surface area contributed by atoms with E-state index in [9.17, 15) is 10.1 Å². The molecule has 3 aliphatic rings. The van der Waals surface area contributed by atoms with Crippen molar-refractivity contribution in [2.45, 2.75) is 43.1 Å². The third-order valence-electron chi connectivity index (χ3n) is 9.57. The summed E-state index contributed by atoms with van der Waals surface area (Å²) in [7, 11) is 10.6. The third-order valence-corrected chi connectivity index (χ3v) is 9.57. The molecule has 1 amide bonds. The number of amides is 1. The molecule has 44 heavy (non-hydrogen) atoms. The van der Waals surface area contributed by atoms with Crippen LogP contribution in [-0.4, -0.2) is 80.4 Å². The highest BCUT2D eigenvalue weighted by atomic mass is 16.5. The molecule has 6 rings (SSSR count). The maximum absolute atomic E-state index is 13.1. The molecule has 2 bridgehead atoms. The summed E-state index contributed by atoms with van der Waals surface area (Å²) in [5.41, 5.74) is 5.41. The Morgan fingerprint density at radius 1 is 0.932 bits per heavy atom. The third kappa shape index (κ3) is 4.86. The first-order valence-electron chi connectivity index (χ1n) is 14.8. The van der Waals surface area contributed by atoms with E-state index < -0.39 is 6.04 Å². The van der Waals surface area contributed by atoms with Crippen LogP contribution in [0.4, 0.5) is 0 Å². The molecule has 0 aliphatic carbocycles. The predicted molar refractivity (Wildman–Crippen MR) is 166 cm³/mol. The van der Waals surface area contributed by atoms with Crippen LogP contribution in [0.15, 0.2) is 48.7 Å². The first-order chi connectivity index (χ1) is 21.3. The van der Waals surface area contributed by atoms with Gasteiger partial charge in [-0.25, -0.2) is 0 Å². The van der Waals surface area contributed by atoms with Gasteiger partial charge in [-0.1, -0.05) is 0 Å². The number of fused-ring (bicyclic) bond motifs is 7. The van der Waals surface area contributed by atoms with Gasteiger partial charge in [-0.15, -0.1) is 0 Å². The van der Waals surface area contributed by atoms with E-state index in [-0.39, 0.29) is 30.1 Å². The van der Waals surface area contributed by atoms with Crippen LogP contribution in [0.2, 0.25) is 0 Å². The van der Waals surface area contributed by atoms with Gasteiger partial charge in [0.15, 0.2) is 23.0 Å². The maximum Gasteiger partial charge on any atom is 0.244 e. The minimum Gasteiger partial charge on any atom is -0.493 e. The van der Waals surface area contributed by atoms with Gasteiger partial charge in [-0.2, -0.15) is 5.26 Å². The lowest BCUT2D eigenvalue weighted by molar-refractivity contribution is -0.117. The molecule has 1 fully saturated rings. The molecule has 2 aromatic carbocycles. The molecule has 0 saturated carbocycles. The Bertz CT molecular complexity index is 1640. The zero-order valence-corrected chi connectivity index (χ0v) is 26.0. The predicted octanol–water partition coefficient (Wildman–Crippen LogP) is 3.66. The highest BCUT2D eigenvalue weighted by Crippen LogP contribution is 2.52. The molecule has 4 heterocycles. The number of likely N-dealkylation sites (N-methyl/N-ethyl adjacent to an activating group) is 1. The minimum absolute atomic E-state index is 0.00941. The Morgan fingerprint density at radius 2 is 1.52 bits per heavy atom. The van der Waals surface area contributed by atoms with Crippen LogP contribution in [-0.2, 0) is 24.7 Å². The summed E-state index contributed by atoms with van der Waals surface area (Å²) in [6, 6.07) is 14.0. The Kier molecular flexibility index (Phi) is 8.01. The first-order valence-corrected chi connectivity index (χ1v) is 14.8. The second-order valence-corrected chi connectivity index (χ2v) is 11.6. The van der Waals surface area contributed by atoms with E-state index in [0.717, 1.165) is 16.8 Å². The molecule has 0 spiro atoms. The van der Waals surface area contributed by atoms with Gasteiger partial charge in [0, 0.05) is 43.6 Å². The number of aromatic nitrogens is 1. The number of nitriles is 1. The van der Waals surface area contributed by atoms with Crippen LogP contribution in [0.5, 0.6) is 23.0 Å². The minimum atomic E-state index is -0.412. The van der Waals surface area contributed by atoms with Crippen LogP contribution < -0.4 is 24.3 Å². The SMILES string of the molecule is COc1cc2c(cc1OC)[C@@H]1[C@@H]3Cc4cc(OC)c(OC)cc4[C@H](CNC(=O)/C=C/c4cccn4C)N3[C@@H](C#N)[C@H](C2)N1C. The van der Waals surface area contributed by atoms with E-state index in [1.54, 1.807) is 40.6 Å². The molecule has 1 saturated heterocycles. The van der Waals surface area contributed by atoms with Crippen molar-refractivity contribution < 1.29 is 23.7 Å². The van der Waals surface area contributed by atoms with E-state index in [1.165, 1.54) is 11.1 Å². The van der Waals surface area contributed by atoms with Gasteiger partial charge in [-0.05, 0) is 84.6 Å². The molecular weight excluding hydrogens is 558 g/mol. The van der Waals surface area contributed by atoms with Gasteiger partial charge in [0.2, 0.25) is 5.91 Å². The normalized spacial score (nSPS) is 24.1. The summed E-state index contributed by atoms with van der Waals surface area (Å²) in [6.07, 6.45) is 6.69. The Hall–Kier alpha value is -4.46. The van der Waals surface area contributed by atoms with Crippen molar-refractivity contribution in [3.8, 4) is 29.1 Å². The number of ether oxygens (including phenoxy) is 4. The summed E-state index contributed by atoms with van der Waals surface area (Å²) < 4.78 is 24.7. The van der Waals surface area contributed by atoms with Crippen molar-refractivity contribution in [3.63, 3.8) is 0 Å². The molecule has 230 valence electrons. The molecule has 3 aromatic rings. The molecule has 10 heteroatoms. The van der Waals surface area contributed by atoms with Gasteiger partial charge in [0.25, 0.3) is 0 Å². The number of nitrogens with one attached hydrogen (secondary N) is 1. The van der Waals surface area contributed by atoms with Crippen molar-refractivity contribution in [2.75, 3.05) is 42.0 Å². The number of hydrogen-bond donors (Lipinski definition) is 1. The zero-order chi connectivity index (χ0) is 31.1. The molecule has 3 aliphatic heterocycles. The molecule has 0 unspecified atom stereocenters. The Labute approximate surface area is 258 Å². The smallest absolute Gasteiger partial charge is 0.244 e. The number of rotatable bonds is 8. The highest BCUT2D eigenvalue weighted by Gasteiger charge is 2.54. The molecule has 10 nitrogen and oxygen atoms in total. The fourth-order valence-corrected chi connectivity index (χ4v) is 7.45. The van der Waals surface area contributed by atoms with Crippen molar-refractivity contribution in [1.29, 1.82) is 5.26 Å². The fourth-order valence-electron chi connectivity index (χ4n) is 7.45. The van der Waals surface area contributed by atoms with Gasteiger partial charge < -0.3 is 28.8 Å². The van der Waals surface area contributed by atoms with E-state index in [1.807, 2.05) is 42.1 Å². The second-order valence-electron chi connectivity index (χ2n) is 11.6. The average molecular weight is 598 g/mol. The van der Waals surface area contributed by atoms with E-state index in [4.69, 9.17) is 18.9 Å². The van der Waals surface area contributed by atoms with Crippen molar-refractivity contribution in [1.82, 2.24) is 19.7 Å². The molecule has 1 N–H and O–H groups in total. The van der Waals surface area contributed by atoms with Crippen molar-refractivity contribution in [2.24, 2.45) is 7.05 Å². The topological polar surface area (TPSA) is 101 Å². The largest absolute Gasteiger partial charge is 0.493 e. The summed E-state index contributed by atoms with van der Waals surface area (Å²) >= 11 is 0. The quantitative estimate of drug-likeness (QED) is 0.393. The van der Waals surface area contributed by atoms with Crippen molar-refractivity contribution >= 4 is 12.0 Å². The second kappa shape index (κ2) is 11.9. The lowest BCUT2D eigenvalue weighted by Crippen LogP contribution is -2.68. The number of carbonyl (C=O) groups is 1. The van der Waals surface area contributed by atoms with Crippen LogP contribution in [0.3, 0.4) is 0 Å². The molecule has 5 atom stereocenters. The monoisotopic (exact) mass is 597 g/mol.